The van der Waals surface area contributed by atoms with Crippen LogP contribution in [0.2, 0.25) is 0 Å². The second-order valence-electron chi connectivity index (χ2n) is 15.6. The summed E-state index contributed by atoms with van der Waals surface area (Å²) in [6, 6.07) is 11.7. The lowest BCUT2D eigenvalue weighted by Crippen LogP contribution is -2.62. The number of fused-ring (bicyclic) bond motifs is 4. The highest BCUT2D eigenvalue weighted by Gasteiger charge is 2.70. The Morgan fingerprint density at radius 3 is 2.16 bits per heavy atom. The number of phenols is 7. The van der Waals surface area contributed by atoms with Crippen molar-refractivity contribution in [3.05, 3.63) is 123 Å². The zero-order chi connectivity index (χ0) is 41.3. The lowest BCUT2D eigenvalue weighted by molar-refractivity contribution is -0.201. The summed E-state index contributed by atoms with van der Waals surface area (Å²) in [5.74, 6) is -11.1. The van der Waals surface area contributed by atoms with Crippen molar-refractivity contribution in [2.45, 2.75) is 77.1 Å². The summed E-state index contributed by atoms with van der Waals surface area (Å²) in [6.45, 7) is 9.08. The number of ketones is 2. The minimum absolute atomic E-state index is 0.0320. The first kappa shape index (κ1) is 38.9. The van der Waals surface area contributed by atoms with Gasteiger partial charge in [0.25, 0.3) is 0 Å². The van der Waals surface area contributed by atoms with Gasteiger partial charge in [-0.2, -0.15) is 0 Å². The largest absolute Gasteiger partial charge is 0.508 e. The van der Waals surface area contributed by atoms with E-state index in [0.29, 0.717) is 5.57 Å². The molecule has 57 heavy (non-hydrogen) atoms. The fraction of sp³-hybridized carbons (Fsp3) is 0.289. The van der Waals surface area contributed by atoms with E-state index in [2.05, 4.69) is 0 Å². The summed E-state index contributed by atoms with van der Waals surface area (Å²) >= 11 is 0. The predicted octanol–water partition coefficient (Wildman–Crippen LogP) is 7.76. The van der Waals surface area contributed by atoms with Gasteiger partial charge in [-0.05, 0) is 83.4 Å². The Bertz CT molecular complexity index is 2450. The average Bonchev–Trinajstić information content (AvgIpc) is 3.37. The molecule has 7 rings (SSSR count). The van der Waals surface area contributed by atoms with E-state index in [1.54, 1.807) is 25.2 Å². The van der Waals surface area contributed by atoms with E-state index in [1.165, 1.54) is 42.5 Å². The van der Waals surface area contributed by atoms with Gasteiger partial charge in [-0.25, -0.2) is 0 Å². The summed E-state index contributed by atoms with van der Waals surface area (Å²) in [5, 5.41) is 90.1. The van der Waals surface area contributed by atoms with Gasteiger partial charge in [-0.15, -0.1) is 0 Å². The smallest absolute Gasteiger partial charge is 0.318 e. The fourth-order valence-electron chi connectivity index (χ4n) is 8.45. The van der Waals surface area contributed by atoms with Crippen molar-refractivity contribution < 1.29 is 59.9 Å². The van der Waals surface area contributed by atoms with E-state index in [1.807, 2.05) is 27.7 Å². The van der Waals surface area contributed by atoms with Crippen LogP contribution in [0, 0.1) is 5.92 Å². The SMILES string of the molecule is CC(C)=CCc1c(O)ccc(C(=O)[C@@H]2[C@@H](c3ccc(O)cc3O)CC(C)=C[C@H]2c2c(O)cc3c(c2O)C(=O)[C@]2(O)Oc4cc(O)ccc4[C@]2(CC=C(C)C)O3)c1O. The summed E-state index contributed by atoms with van der Waals surface area (Å²) in [7, 11) is 0. The highest BCUT2D eigenvalue weighted by molar-refractivity contribution is 6.09. The van der Waals surface area contributed by atoms with Gasteiger partial charge in [0, 0.05) is 59.1 Å². The lowest BCUT2D eigenvalue weighted by Gasteiger charge is -2.43. The molecule has 2 aliphatic heterocycles. The van der Waals surface area contributed by atoms with Gasteiger partial charge in [0.15, 0.2) is 5.78 Å². The van der Waals surface area contributed by atoms with E-state index in [9.17, 15) is 45.6 Å². The van der Waals surface area contributed by atoms with Crippen LogP contribution in [0.3, 0.4) is 0 Å². The molecule has 3 aliphatic rings. The maximum atomic E-state index is 15.0. The minimum Gasteiger partial charge on any atom is -0.508 e. The van der Waals surface area contributed by atoms with Crippen LogP contribution in [0.4, 0.5) is 0 Å². The molecule has 5 atom stereocenters. The van der Waals surface area contributed by atoms with E-state index in [0.717, 1.165) is 23.3 Å². The van der Waals surface area contributed by atoms with Crippen LogP contribution >= 0.6 is 0 Å². The van der Waals surface area contributed by atoms with Gasteiger partial charge in [0.1, 0.15) is 57.3 Å². The van der Waals surface area contributed by atoms with Gasteiger partial charge < -0.3 is 50.3 Å². The van der Waals surface area contributed by atoms with Crippen molar-refractivity contribution in [1.82, 2.24) is 0 Å². The molecule has 8 N–H and O–H groups in total. The lowest BCUT2D eigenvalue weighted by atomic mass is 9.65. The fourth-order valence-corrected chi connectivity index (χ4v) is 8.45. The first-order valence-corrected chi connectivity index (χ1v) is 18.5. The molecule has 0 bridgehead atoms. The molecule has 4 aromatic carbocycles. The van der Waals surface area contributed by atoms with Crippen LogP contribution in [0.5, 0.6) is 51.7 Å². The van der Waals surface area contributed by atoms with E-state index < -0.39 is 63.5 Å². The maximum Gasteiger partial charge on any atom is 0.318 e. The number of ether oxygens (including phenoxy) is 2. The molecule has 0 amide bonds. The molecule has 0 unspecified atom stereocenters. The van der Waals surface area contributed by atoms with Crippen LogP contribution in [-0.4, -0.2) is 58.2 Å². The van der Waals surface area contributed by atoms with Gasteiger partial charge in [-0.1, -0.05) is 41.0 Å². The second kappa shape index (κ2) is 14.0. The summed E-state index contributed by atoms with van der Waals surface area (Å²) in [5.41, 5.74) is 0.120. The van der Waals surface area contributed by atoms with E-state index in [4.69, 9.17) is 9.47 Å². The van der Waals surface area contributed by atoms with Crippen molar-refractivity contribution in [3.8, 4) is 51.7 Å². The van der Waals surface area contributed by atoms with E-state index in [-0.39, 0.29) is 81.6 Å². The van der Waals surface area contributed by atoms with Crippen molar-refractivity contribution >= 4 is 11.6 Å². The number of Topliss-reactive ketones (excluding diaryl/α,β-unsaturated/α-hetero) is 2. The van der Waals surface area contributed by atoms with Gasteiger partial charge in [0.2, 0.25) is 11.4 Å². The Labute approximate surface area is 328 Å². The van der Waals surface area contributed by atoms with Gasteiger partial charge >= 0.3 is 5.79 Å². The first-order chi connectivity index (χ1) is 26.9. The zero-order valence-corrected chi connectivity index (χ0v) is 32.0. The third kappa shape index (κ3) is 6.20. The van der Waals surface area contributed by atoms with Crippen LogP contribution in [0.1, 0.15) is 102 Å². The first-order valence-electron chi connectivity index (χ1n) is 18.5. The number of allylic oxidation sites excluding steroid dienone is 5. The number of hydrogen-bond acceptors (Lipinski definition) is 12. The highest BCUT2D eigenvalue weighted by atomic mass is 16.7. The van der Waals surface area contributed by atoms with Crippen LogP contribution in [0.25, 0.3) is 0 Å². The van der Waals surface area contributed by atoms with Crippen molar-refractivity contribution in [1.29, 1.82) is 0 Å². The maximum absolute atomic E-state index is 15.0. The third-order valence-corrected chi connectivity index (χ3v) is 11.2. The number of benzene rings is 4. The number of aromatic hydroxyl groups is 7. The number of phenolic OH excluding ortho intramolecular Hbond substituents is 7. The molecule has 0 radical (unpaired) electrons. The molecule has 0 aromatic heterocycles. The Morgan fingerprint density at radius 1 is 0.789 bits per heavy atom. The number of carbonyl (C=O) groups is 2. The van der Waals surface area contributed by atoms with Crippen LogP contribution in [0.15, 0.2) is 89.5 Å². The Balaban J connectivity index is 1.43. The molecule has 0 saturated heterocycles. The minimum atomic E-state index is -2.76. The molecule has 12 nitrogen and oxygen atoms in total. The number of hydrogen-bond donors (Lipinski definition) is 8. The van der Waals surface area contributed by atoms with Crippen LogP contribution in [-0.2, 0) is 12.0 Å². The molecule has 0 spiro atoms. The number of aliphatic hydroxyl groups is 1. The monoisotopic (exact) mass is 776 g/mol. The Hall–Kier alpha value is -6.40. The van der Waals surface area contributed by atoms with Gasteiger partial charge in [0.05, 0.1) is 5.56 Å². The Morgan fingerprint density at radius 2 is 1.47 bits per heavy atom. The zero-order valence-electron chi connectivity index (χ0n) is 32.0. The molecule has 0 saturated carbocycles. The molecule has 4 aromatic rings. The number of carbonyl (C=O) groups excluding carboxylic acids is 2. The molecule has 12 heteroatoms. The second-order valence-corrected chi connectivity index (χ2v) is 15.6. The predicted molar refractivity (Wildman–Crippen MR) is 208 cm³/mol. The average molecular weight is 777 g/mol. The summed E-state index contributed by atoms with van der Waals surface area (Å²) in [6.07, 6.45) is 5.37. The normalized spacial score (nSPS) is 23.2. The molecule has 296 valence electrons. The number of rotatable bonds is 8. The van der Waals surface area contributed by atoms with E-state index >= 15 is 4.79 Å². The topological polar surface area (TPSA) is 214 Å². The molecule has 1 aliphatic carbocycles. The third-order valence-electron chi connectivity index (χ3n) is 11.2. The molecular formula is C45H44O12. The standard InChI is InChI=1S/C45H44O12/c1-21(2)6-9-27-32(48)13-11-28(40(27)51)41(52)37-29(26-10-7-24(46)18-33(26)49)16-23(5)17-30(37)38-34(50)20-36-39(42(38)53)43(54)45(55)44(56-36,15-14-22(3)4)31-12-8-25(47)19-35(31)57-45/h6-8,10-14,17-20,29-30,37,46-51,53,55H,9,15-16H2,1-5H3/t29-,30-,37-,44+,45+/m1/s1. The van der Waals surface area contributed by atoms with Crippen molar-refractivity contribution in [2.24, 2.45) is 5.92 Å². The molecule has 2 heterocycles. The highest BCUT2D eigenvalue weighted by Crippen LogP contribution is 2.61. The van der Waals surface area contributed by atoms with Crippen LogP contribution < -0.4 is 9.47 Å². The van der Waals surface area contributed by atoms with Crippen molar-refractivity contribution in [3.63, 3.8) is 0 Å². The van der Waals surface area contributed by atoms with Gasteiger partial charge in [-0.3, -0.25) is 9.59 Å². The summed E-state index contributed by atoms with van der Waals surface area (Å²) < 4.78 is 12.4. The molecule has 0 fully saturated rings. The van der Waals surface area contributed by atoms with Crippen molar-refractivity contribution in [2.75, 3.05) is 0 Å². The molecular weight excluding hydrogens is 732 g/mol. The quantitative estimate of drug-likeness (QED) is 0.0637. The Kier molecular flexibility index (Phi) is 9.52. The summed E-state index contributed by atoms with van der Waals surface area (Å²) in [4.78, 5) is 29.7.